The number of carbonyl (C=O) groups is 1. The van der Waals surface area contributed by atoms with Crippen LogP contribution >= 0.6 is 19.6 Å². The van der Waals surface area contributed by atoms with Gasteiger partial charge in [-0.3, -0.25) is 4.52 Å². The lowest BCUT2D eigenvalue weighted by Gasteiger charge is -2.49. The molecule has 11 atom stereocenters. The highest BCUT2D eigenvalue weighted by Gasteiger charge is 2.58. The van der Waals surface area contributed by atoms with Gasteiger partial charge in [0.05, 0.1) is 25.9 Å². The lowest BCUT2D eigenvalue weighted by Crippen LogP contribution is -2.66. The van der Waals surface area contributed by atoms with Gasteiger partial charge in [0.2, 0.25) is 0 Å². The molecule has 20 heteroatoms. The summed E-state index contributed by atoms with van der Waals surface area (Å²) in [6, 6.07) is 0. The Balaban J connectivity index is 2.43. The summed E-state index contributed by atoms with van der Waals surface area (Å²) in [7, 11) is -5.40. The van der Waals surface area contributed by atoms with E-state index in [4.69, 9.17) is 29.2 Å². The van der Waals surface area contributed by atoms with E-state index in [2.05, 4.69) is 0 Å². The van der Waals surface area contributed by atoms with Gasteiger partial charge in [0, 0.05) is 18.7 Å². The lowest BCUT2D eigenvalue weighted by atomic mass is 9.91. The monoisotopic (exact) mass is 627 g/mol. The molecule has 0 radical (unpaired) electrons. The van der Waals surface area contributed by atoms with Crippen molar-refractivity contribution in [3.05, 3.63) is 0 Å². The molecule has 0 aliphatic carbocycles. The number of hydrogen-bond acceptors (Lipinski definition) is 16. The number of rotatable bonds is 16. The molecule has 0 aromatic rings. The summed E-state index contributed by atoms with van der Waals surface area (Å²) in [5.41, 5.74) is 5.43. The quantitative estimate of drug-likeness (QED) is 0.0564. The molecule has 18 nitrogen and oxygen atoms in total. The Morgan fingerprint density at radius 3 is 2.23 bits per heavy atom. The standard InChI is InChI=1S/C20H38NO17PS/c21-2-5-40-4-1-3-34-20(19(29)30)6-11(17(38-39(31,32)33)16(37-20)10(25)8-23)35-18-14(28)12(26)13(27)15(36-18)9(24)7-22/h9-18,22-28H,1-8,21H2,(H,29,30)(H2,31,32,33)/t9-,10+,11+,12-,13-,14-,15+,16+,17+,18-,20+/m0/s1. The maximum atomic E-state index is 12.4. The van der Waals surface area contributed by atoms with Gasteiger partial charge in [-0.2, -0.15) is 11.8 Å². The van der Waals surface area contributed by atoms with E-state index in [-0.39, 0.29) is 6.61 Å². The van der Waals surface area contributed by atoms with E-state index in [0.29, 0.717) is 24.5 Å². The highest BCUT2D eigenvalue weighted by molar-refractivity contribution is 7.99. The first-order valence-electron chi connectivity index (χ1n) is 12.2. The van der Waals surface area contributed by atoms with Crippen molar-refractivity contribution in [3.63, 3.8) is 0 Å². The van der Waals surface area contributed by atoms with Gasteiger partial charge in [0.1, 0.15) is 48.8 Å². The molecule has 0 aromatic heterocycles. The third kappa shape index (κ3) is 9.22. The van der Waals surface area contributed by atoms with Crippen LogP contribution in [0.15, 0.2) is 0 Å². The third-order valence-corrected chi connectivity index (χ3v) is 7.77. The second kappa shape index (κ2) is 15.8. The number of carboxylic acid groups (broad SMARTS) is 1. The maximum Gasteiger partial charge on any atom is 0.470 e. The molecule has 0 saturated carbocycles. The molecule has 0 spiro atoms. The van der Waals surface area contributed by atoms with Crippen LogP contribution in [0.1, 0.15) is 12.8 Å². The lowest BCUT2D eigenvalue weighted by molar-refractivity contribution is -0.363. The molecule has 0 aromatic carbocycles. The molecule has 0 amide bonds. The fourth-order valence-corrected chi connectivity index (χ4v) is 5.46. The van der Waals surface area contributed by atoms with Gasteiger partial charge in [-0.05, 0) is 12.2 Å². The average molecular weight is 628 g/mol. The van der Waals surface area contributed by atoms with Crippen molar-refractivity contribution in [2.75, 3.05) is 37.9 Å². The Kier molecular flexibility index (Phi) is 14.1. The fourth-order valence-electron chi connectivity index (χ4n) is 4.20. The maximum absolute atomic E-state index is 12.4. The number of aliphatic carboxylic acids is 1. The molecule has 2 heterocycles. The van der Waals surface area contributed by atoms with E-state index in [1.165, 1.54) is 11.8 Å². The van der Waals surface area contributed by atoms with E-state index in [9.17, 15) is 60.0 Å². The van der Waals surface area contributed by atoms with Crippen LogP contribution in [0, 0.1) is 0 Å². The molecule has 2 aliphatic rings. The van der Waals surface area contributed by atoms with Gasteiger partial charge in [0.15, 0.2) is 6.29 Å². The topological polar surface area (TPSA) is 309 Å². The van der Waals surface area contributed by atoms with Crippen molar-refractivity contribution < 1.29 is 83.5 Å². The van der Waals surface area contributed by atoms with Crippen LogP contribution in [-0.4, -0.2) is 161 Å². The van der Waals surface area contributed by atoms with Crippen molar-refractivity contribution in [1.29, 1.82) is 0 Å². The molecule has 2 rings (SSSR count). The SMILES string of the molecule is NCCSCCCO[C@]1(C(=O)O)C[C@@H](O[C@H]2O[C@H]([C@@H](O)CO)[C@@H](O)[C@H](O)[C@@H]2O)[C@@H](OP(=O)(O)O)[C@@H]([C@H](O)CO)O1. The first-order valence-corrected chi connectivity index (χ1v) is 14.9. The summed E-state index contributed by atoms with van der Waals surface area (Å²) in [6.45, 7) is -1.81. The number of ether oxygens (including phenoxy) is 4. The molecule has 2 aliphatic heterocycles. The summed E-state index contributed by atoms with van der Waals surface area (Å²) in [5.74, 6) is -3.20. The molecule has 2 saturated heterocycles. The highest BCUT2D eigenvalue weighted by Crippen LogP contribution is 2.45. The fraction of sp³-hybridized carbons (Fsp3) is 0.950. The number of hydrogen-bond donors (Lipinski definition) is 11. The molecule has 0 unspecified atom stereocenters. The van der Waals surface area contributed by atoms with Crippen LogP contribution in [-0.2, 0) is 32.8 Å². The molecule has 236 valence electrons. The molecular formula is C20H38NO17PS. The van der Waals surface area contributed by atoms with Gasteiger partial charge in [-0.25, -0.2) is 9.36 Å². The Labute approximate surface area is 232 Å². The predicted octanol–water partition coefficient (Wildman–Crippen LogP) is -4.97. The molecule has 12 N–H and O–H groups in total. The third-order valence-electron chi connectivity index (χ3n) is 6.15. The minimum absolute atomic E-state index is 0.208. The average Bonchev–Trinajstić information content (AvgIpc) is 2.90. The molecular weight excluding hydrogens is 589 g/mol. The summed E-state index contributed by atoms with van der Waals surface area (Å²) in [4.78, 5) is 31.4. The van der Waals surface area contributed by atoms with Crippen LogP contribution in [0.4, 0.5) is 0 Å². The van der Waals surface area contributed by atoms with Crippen LogP contribution in [0.25, 0.3) is 0 Å². The largest absolute Gasteiger partial charge is 0.477 e. The Morgan fingerprint density at radius 2 is 1.68 bits per heavy atom. The zero-order valence-electron chi connectivity index (χ0n) is 21.2. The normalized spacial score (nSPS) is 36.8. The van der Waals surface area contributed by atoms with Crippen molar-refractivity contribution in [3.8, 4) is 0 Å². The minimum Gasteiger partial charge on any atom is -0.477 e. The van der Waals surface area contributed by atoms with Crippen molar-refractivity contribution >= 4 is 25.6 Å². The van der Waals surface area contributed by atoms with E-state index in [0.717, 1.165) is 0 Å². The second-order valence-electron chi connectivity index (χ2n) is 9.12. The molecule has 2 fully saturated rings. The van der Waals surface area contributed by atoms with Gasteiger partial charge in [-0.1, -0.05) is 0 Å². The summed E-state index contributed by atoms with van der Waals surface area (Å²) in [6.07, 6.45) is -19.9. The number of thioether (sulfide) groups is 1. The predicted molar refractivity (Wildman–Crippen MR) is 131 cm³/mol. The van der Waals surface area contributed by atoms with Crippen LogP contribution in [0.3, 0.4) is 0 Å². The van der Waals surface area contributed by atoms with Crippen LogP contribution in [0.2, 0.25) is 0 Å². The van der Waals surface area contributed by atoms with Gasteiger partial charge in [0.25, 0.3) is 5.79 Å². The number of aliphatic hydroxyl groups excluding tert-OH is 7. The summed E-state index contributed by atoms with van der Waals surface area (Å²) >= 11 is 1.47. The van der Waals surface area contributed by atoms with Crippen molar-refractivity contribution in [1.82, 2.24) is 0 Å². The highest BCUT2D eigenvalue weighted by atomic mass is 32.2. The van der Waals surface area contributed by atoms with Gasteiger partial charge < -0.3 is 75.3 Å². The summed E-state index contributed by atoms with van der Waals surface area (Å²) in [5, 5.41) is 80.0. The smallest absolute Gasteiger partial charge is 0.470 e. The van der Waals surface area contributed by atoms with Crippen molar-refractivity contribution in [2.45, 2.75) is 79.9 Å². The second-order valence-corrected chi connectivity index (χ2v) is 11.5. The van der Waals surface area contributed by atoms with Gasteiger partial charge >= 0.3 is 13.8 Å². The number of phosphoric ester groups is 1. The van der Waals surface area contributed by atoms with Crippen LogP contribution in [0.5, 0.6) is 0 Å². The van der Waals surface area contributed by atoms with E-state index in [1.54, 1.807) is 0 Å². The number of nitrogens with two attached hydrogens (primary N) is 1. The van der Waals surface area contributed by atoms with E-state index in [1.807, 2.05) is 0 Å². The number of carboxylic acids is 1. The van der Waals surface area contributed by atoms with E-state index >= 15 is 0 Å². The van der Waals surface area contributed by atoms with E-state index < -0.39 is 100 Å². The molecule has 0 bridgehead atoms. The number of aliphatic hydroxyl groups is 7. The zero-order valence-corrected chi connectivity index (χ0v) is 22.9. The van der Waals surface area contributed by atoms with Crippen LogP contribution < -0.4 is 5.73 Å². The van der Waals surface area contributed by atoms with Gasteiger partial charge in [-0.15, -0.1) is 0 Å². The zero-order chi connectivity index (χ0) is 30.3. The minimum atomic E-state index is -5.40. The van der Waals surface area contributed by atoms with Crippen molar-refractivity contribution in [2.24, 2.45) is 5.73 Å². The Hall–Kier alpha value is -0.550. The Bertz CT molecular complexity index is 839. The first kappa shape index (κ1) is 35.6. The molecule has 40 heavy (non-hydrogen) atoms. The first-order chi connectivity index (χ1) is 18.7. The Morgan fingerprint density at radius 1 is 1.05 bits per heavy atom. The number of phosphoric acid groups is 1. The summed E-state index contributed by atoms with van der Waals surface area (Å²) < 4.78 is 38.4.